The quantitative estimate of drug-likeness (QED) is 0.660. The molecule has 0 spiro atoms. The predicted octanol–water partition coefficient (Wildman–Crippen LogP) is 1.42. The Morgan fingerprint density at radius 2 is 2.24 bits per heavy atom. The summed E-state index contributed by atoms with van der Waals surface area (Å²) in [5, 5.41) is 10.6. The minimum absolute atomic E-state index is 0.0171. The second kappa shape index (κ2) is 4.42. The smallest absolute Gasteiger partial charge is 0.270 e. The molecule has 0 saturated carbocycles. The van der Waals surface area contributed by atoms with Gasteiger partial charge in [0.05, 0.1) is 16.7 Å². The van der Waals surface area contributed by atoms with E-state index in [9.17, 15) is 14.9 Å². The molecule has 17 heavy (non-hydrogen) atoms. The Balaban J connectivity index is 2.34. The van der Waals surface area contributed by atoms with Gasteiger partial charge in [-0.3, -0.25) is 14.9 Å². The third-order valence-corrected chi connectivity index (χ3v) is 3.31. The van der Waals surface area contributed by atoms with Crippen LogP contribution in [0.3, 0.4) is 0 Å². The van der Waals surface area contributed by atoms with E-state index in [2.05, 4.69) is 15.9 Å². The van der Waals surface area contributed by atoms with E-state index in [4.69, 9.17) is 5.73 Å². The Morgan fingerprint density at radius 1 is 1.53 bits per heavy atom. The molecule has 1 aliphatic heterocycles. The van der Waals surface area contributed by atoms with E-state index >= 15 is 0 Å². The number of rotatable bonds is 2. The summed E-state index contributed by atoms with van der Waals surface area (Å²) >= 11 is 3.23. The van der Waals surface area contributed by atoms with E-state index in [1.807, 2.05) is 0 Å². The maximum atomic E-state index is 11.7. The van der Waals surface area contributed by atoms with Crippen LogP contribution < -0.4 is 10.6 Å². The number of non-ortho nitro benzene ring substituents is 1. The molecule has 1 atom stereocenters. The van der Waals surface area contributed by atoms with E-state index in [1.165, 1.54) is 12.1 Å². The van der Waals surface area contributed by atoms with Crippen LogP contribution in [0.2, 0.25) is 0 Å². The zero-order valence-electron chi connectivity index (χ0n) is 8.80. The molecule has 1 aromatic rings. The lowest BCUT2D eigenvalue weighted by Gasteiger charge is -2.17. The number of carbonyl (C=O) groups is 1. The largest absolute Gasteiger partial charge is 0.320 e. The number of hydrogen-bond donors (Lipinski definition) is 1. The molecular weight excluding hydrogens is 290 g/mol. The number of halogens is 1. The highest BCUT2D eigenvalue weighted by Gasteiger charge is 2.30. The first kappa shape index (κ1) is 12.0. The molecule has 0 radical (unpaired) electrons. The second-order valence-electron chi connectivity index (χ2n) is 3.78. The Labute approximate surface area is 106 Å². The summed E-state index contributed by atoms with van der Waals surface area (Å²) in [6, 6.07) is 3.83. The van der Waals surface area contributed by atoms with Gasteiger partial charge in [0.1, 0.15) is 0 Å². The van der Waals surface area contributed by atoms with Crippen LogP contribution in [0, 0.1) is 10.1 Å². The van der Waals surface area contributed by atoms with Crippen molar-refractivity contribution in [2.45, 2.75) is 12.5 Å². The maximum absolute atomic E-state index is 11.7. The topological polar surface area (TPSA) is 89.5 Å². The van der Waals surface area contributed by atoms with Crippen molar-refractivity contribution < 1.29 is 9.72 Å². The van der Waals surface area contributed by atoms with E-state index in [0.717, 1.165) is 0 Å². The molecule has 1 amide bonds. The molecule has 7 heteroatoms. The average Bonchev–Trinajstić information content (AvgIpc) is 2.60. The lowest BCUT2D eigenvalue weighted by molar-refractivity contribution is -0.384. The van der Waals surface area contributed by atoms with Gasteiger partial charge in [0.25, 0.3) is 5.69 Å². The number of nitrogens with zero attached hydrogens (tertiary/aromatic N) is 2. The predicted molar refractivity (Wildman–Crippen MR) is 65.7 cm³/mol. The van der Waals surface area contributed by atoms with Crippen LogP contribution in [0.25, 0.3) is 0 Å². The minimum Gasteiger partial charge on any atom is -0.320 e. The summed E-state index contributed by atoms with van der Waals surface area (Å²) in [6.07, 6.45) is 0.599. The third-order valence-electron chi connectivity index (χ3n) is 2.68. The zero-order chi connectivity index (χ0) is 12.6. The minimum atomic E-state index is -0.480. The van der Waals surface area contributed by atoms with Crippen LogP contribution in [0.1, 0.15) is 6.42 Å². The summed E-state index contributed by atoms with van der Waals surface area (Å²) in [4.78, 5) is 23.4. The van der Waals surface area contributed by atoms with Crippen molar-refractivity contribution in [1.82, 2.24) is 0 Å². The number of carbonyl (C=O) groups excluding carboxylic acids is 1. The van der Waals surface area contributed by atoms with E-state index in [1.54, 1.807) is 11.0 Å². The molecule has 0 aliphatic carbocycles. The molecule has 1 aliphatic rings. The molecule has 2 N–H and O–H groups in total. The number of nitro benzene ring substituents is 1. The number of anilines is 1. The van der Waals surface area contributed by atoms with Gasteiger partial charge in [-0.1, -0.05) is 0 Å². The van der Waals surface area contributed by atoms with Gasteiger partial charge in [0.2, 0.25) is 5.91 Å². The highest BCUT2D eigenvalue weighted by Crippen LogP contribution is 2.32. The lowest BCUT2D eigenvalue weighted by atomic mass is 10.2. The SMILES string of the molecule is NC1CCN(c2ccc([N+](=O)[O-])cc2Br)C1=O. The monoisotopic (exact) mass is 299 g/mol. The summed E-state index contributed by atoms with van der Waals surface area (Å²) in [6.45, 7) is 0.538. The number of amides is 1. The fourth-order valence-electron chi connectivity index (χ4n) is 1.77. The summed E-state index contributed by atoms with van der Waals surface area (Å²) in [5.41, 5.74) is 6.22. The van der Waals surface area contributed by atoms with Crippen molar-refractivity contribution in [2.24, 2.45) is 5.73 Å². The van der Waals surface area contributed by atoms with Crippen LogP contribution >= 0.6 is 15.9 Å². The average molecular weight is 300 g/mol. The normalized spacial score (nSPS) is 19.8. The molecule has 2 rings (SSSR count). The van der Waals surface area contributed by atoms with Gasteiger partial charge in [0, 0.05) is 23.2 Å². The molecule has 0 bridgehead atoms. The number of hydrogen-bond acceptors (Lipinski definition) is 4. The van der Waals surface area contributed by atoms with Crippen molar-refractivity contribution in [1.29, 1.82) is 0 Å². The van der Waals surface area contributed by atoms with Crippen LogP contribution in [0.5, 0.6) is 0 Å². The molecular formula is C10H10BrN3O3. The van der Waals surface area contributed by atoms with E-state index in [-0.39, 0.29) is 11.6 Å². The highest BCUT2D eigenvalue weighted by molar-refractivity contribution is 9.10. The molecule has 6 nitrogen and oxygen atoms in total. The first-order valence-electron chi connectivity index (χ1n) is 5.01. The van der Waals surface area contributed by atoms with Gasteiger partial charge in [-0.2, -0.15) is 0 Å². The van der Waals surface area contributed by atoms with Crippen molar-refractivity contribution in [3.63, 3.8) is 0 Å². The van der Waals surface area contributed by atoms with Gasteiger partial charge in [-0.05, 0) is 28.4 Å². The first-order chi connectivity index (χ1) is 8.00. The number of nitrogens with two attached hydrogens (primary N) is 1. The molecule has 90 valence electrons. The van der Waals surface area contributed by atoms with Gasteiger partial charge >= 0.3 is 0 Å². The summed E-state index contributed by atoms with van der Waals surface area (Å²) in [7, 11) is 0. The Bertz CT molecular complexity index is 492. The van der Waals surface area contributed by atoms with Crippen molar-refractivity contribution >= 4 is 33.2 Å². The summed E-state index contributed by atoms with van der Waals surface area (Å²) in [5.74, 6) is -0.153. The van der Waals surface area contributed by atoms with Gasteiger partial charge in [-0.25, -0.2) is 0 Å². The van der Waals surface area contributed by atoms with Crippen LogP contribution in [-0.4, -0.2) is 23.4 Å². The molecule has 1 saturated heterocycles. The van der Waals surface area contributed by atoms with Crippen LogP contribution in [0.15, 0.2) is 22.7 Å². The van der Waals surface area contributed by atoms with Crippen LogP contribution in [-0.2, 0) is 4.79 Å². The lowest BCUT2D eigenvalue weighted by Crippen LogP contribution is -2.34. The van der Waals surface area contributed by atoms with Crippen LogP contribution in [0.4, 0.5) is 11.4 Å². The van der Waals surface area contributed by atoms with Crippen molar-refractivity contribution in [3.05, 3.63) is 32.8 Å². The molecule has 1 fully saturated rings. The fraction of sp³-hybridized carbons (Fsp3) is 0.300. The molecule has 0 aromatic heterocycles. The van der Waals surface area contributed by atoms with E-state index < -0.39 is 11.0 Å². The van der Waals surface area contributed by atoms with Gasteiger partial charge in [-0.15, -0.1) is 0 Å². The first-order valence-corrected chi connectivity index (χ1v) is 5.81. The molecule has 1 heterocycles. The van der Waals surface area contributed by atoms with Crippen molar-refractivity contribution in [2.75, 3.05) is 11.4 Å². The second-order valence-corrected chi connectivity index (χ2v) is 4.63. The fourth-order valence-corrected chi connectivity index (χ4v) is 2.35. The highest BCUT2D eigenvalue weighted by atomic mass is 79.9. The Morgan fingerprint density at radius 3 is 2.71 bits per heavy atom. The molecule has 1 unspecified atom stereocenters. The number of nitro groups is 1. The standard InChI is InChI=1S/C10H10BrN3O3/c11-7-5-6(14(16)17)1-2-9(7)13-4-3-8(12)10(13)15/h1-2,5,8H,3-4,12H2. The van der Waals surface area contributed by atoms with Gasteiger partial charge in [0.15, 0.2) is 0 Å². The third kappa shape index (κ3) is 2.16. The zero-order valence-corrected chi connectivity index (χ0v) is 10.4. The Kier molecular flexibility index (Phi) is 3.12. The van der Waals surface area contributed by atoms with Crippen molar-refractivity contribution in [3.8, 4) is 0 Å². The Hall–Kier alpha value is -1.47. The van der Waals surface area contributed by atoms with Gasteiger partial charge < -0.3 is 10.6 Å². The molecule has 1 aromatic carbocycles. The number of benzene rings is 1. The maximum Gasteiger partial charge on any atom is 0.270 e. The summed E-state index contributed by atoms with van der Waals surface area (Å²) < 4.78 is 0.522. The van der Waals surface area contributed by atoms with E-state index in [0.29, 0.717) is 23.1 Å².